The van der Waals surface area contributed by atoms with Crippen LogP contribution in [-0.2, 0) is 20.4 Å². The maximum absolute atomic E-state index is 3.95. The minimum atomic E-state index is 0. The largest absolute Gasteiger partial charge is 0.510 e. The van der Waals surface area contributed by atoms with Crippen molar-refractivity contribution in [1.29, 1.82) is 0 Å². The average Bonchev–Trinajstić information content (AvgIpc) is 3.94. The molecule has 11 rings (SSSR count). The number of para-hydroxylation sites is 4. The molecule has 0 atom stereocenters. The van der Waals surface area contributed by atoms with Gasteiger partial charge >= 0.3 is 0 Å². The van der Waals surface area contributed by atoms with E-state index in [2.05, 4.69) is 177 Å². The molecule has 1 aliphatic heterocycles. The Balaban J connectivity index is 0.00000338. The molecule has 0 amide bonds. The smallest absolute Gasteiger partial charge is 0.0561 e. The van der Waals surface area contributed by atoms with Crippen LogP contribution in [0.3, 0.4) is 0 Å². The van der Waals surface area contributed by atoms with E-state index < -0.39 is 0 Å². The predicted octanol–water partition coefficient (Wildman–Crippen LogP) is 10.7. The topological polar surface area (TPSA) is 21.3 Å². The zero-order valence-corrected chi connectivity index (χ0v) is 29.6. The zero-order chi connectivity index (χ0) is 33.6. The molecule has 5 nitrogen and oxygen atoms in total. The molecule has 3 aromatic heterocycles. The molecule has 0 spiro atoms. The molecule has 52 heavy (non-hydrogen) atoms. The number of benzene rings is 7. The Kier molecular flexibility index (Phi) is 6.95. The van der Waals surface area contributed by atoms with E-state index in [1.54, 1.807) is 0 Å². The molecule has 10 aromatic rings. The Morgan fingerprint density at radius 2 is 1.13 bits per heavy atom. The summed E-state index contributed by atoms with van der Waals surface area (Å²) in [5.41, 5.74) is 10.7. The second kappa shape index (κ2) is 11.7. The maximum Gasteiger partial charge on any atom is 0.0561 e. The molecule has 0 N–H and O–H groups in total. The molecular weight excluding hydrogens is 729 g/mol. The van der Waals surface area contributed by atoms with Gasteiger partial charge in [0.25, 0.3) is 0 Å². The van der Waals surface area contributed by atoms with Gasteiger partial charge in [-0.15, -0.1) is 46.8 Å². The van der Waals surface area contributed by atoms with Gasteiger partial charge < -0.3 is 23.5 Å². The molecule has 1 aliphatic rings. The van der Waals surface area contributed by atoms with E-state index in [0.29, 0.717) is 0 Å². The van der Waals surface area contributed by atoms with Crippen LogP contribution in [0.25, 0.3) is 82.5 Å². The third-order valence-corrected chi connectivity index (χ3v) is 10.3. The number of hydrogen-bond acceptors (Lipinski definition) is 2. The summed E-state index contributed by atoms with van der Waals surface area (Å²) in [7, 11) is 2.03. The van der Waals surface area contributed by atoms with Crippen molar-refractivity contribution in [3.05, 3.63) is 177 Å². The summed E-state index contributed by atoms with van der Waals surface area (Å²) in [6.45, 7) is 2.06. The van der Waals surface area contributed by atoms with Gasteiger partial charge in [0.05, 0.1) is 11.0 Å². The van der Waals surface area contributed by atoms with Crippen LogP contribution in [0.1, 0.15) is 0 Å². The van der Waals surface area contributed by atoms with Gasteiger partial charge in [0.15, 0.2) is 0 Å². The molecule has 6 heteroatoms. The fourth-order valence-electron chi connectivity index (χ4n) is 8.09. The molecule has 7 aromatic carbocycles. The number of aromatic nitrogens is 3. The SMILES string of the molecule is CN1C=CN(c2[c-]c3c(cc2)c2ccccc2n3-c2[c-]c3c(cc2)c2ccc4c(c5ccccc5n4-c4ccccc4)c2n3-c2[c-]cccc2)[CH-]1.[Pd]. The first-order chi connectivity index (χ1) is 25.2. The van der Waals surface area contributed by atoms with E-state index in [1.165, 1.54) is 27.1 Å². The second-order valence-electron chi connectivity index (χ2n) is 13.2. The number of fused-ring (bicyclic) bond motifs is 10. The Hall–Kier alpha value is -6.06. The van der Waals surface area contributed by atoms with Gasteiger partial charge in [-0.1, -0.05) is 83.1 Å². The van der Waals surface area contributed by atoms with E-state index in [-0.39, 0.29) is 20.4 Å². The van der Waals surface area contributed by atoms with Crippen molar-refractivity contribution in [1.82, 2.24) is 18.6 Å². The monoisotopic (exact) mass is 757 g/mol. The van der Waals surface area contributed by atoms with Crippen molar-refractivity contribution in [2.24, 2.45) is 0 Å². The van der Waals surface area contributed by atoms with Crippen molar-refractivity contribution >= 4 is 71.1 Å². The summed E-state index contributed by atoms with van der Waals surface area (Å²) >= 11 is 0. The number of nitrogens with zero attached hydrogens (tertiary/aromatic N) is 5. The van der Waals surface area contributed by atoms with Gasteiger partial charge in [-0.05, 0) is 60.6 Å². The summed E-state index contributed by atoms with van der Waals surface area (Å²) in [6.07, 6.45) is 4.11. The molecule has 252 valence electrons. The van der Waals surface area contributed by atoms with E-state index >= 15 is 0 Å². The quantitative estimate of drug-likeness (QED) is 0.132. The van der Waals surface area contributed by atoms with Crippen LogP contribution < -0.4 is 4.90 Å². The van der Waals surface area contributed by atoms with Crippen LogP contribution in [0.5, 0.6) is 0 Å². The van der Waals surface area contributed by atoms with Gasteiger partial charge in [0.1, 0.15) is 0 Å². The van der Waals surface area contributed by atoms with Crippen molar-refractivity contribution in [3.63, 3.8) is 0 Å². The second-order valence-corrected chi connectivity index (χ2v) is 13.2. The van der Waals surface area contributed by atoms with Crippen LogP contribution in [-0.4, -0.2) is 25.6 Å². The molecule has 0 fully saturated rings. The number of anilines is 1. The van der Waals surface area contributed by atoms with Crippen molar-refractivity contribution in [2.75, 3.05) is 11.9 Å². The van der Waals surface area contributed by atoms with Gasteiger partial charge in [-0.3, -0.25) is 0 Å². The molecule has 0 radical (unpaired) electrons. The third-order valence-electron chi connectivity index (χ3n) is 10.3. The first kappa shape index (κ1) is 30.7. The summed E-state index contributed by atoms with van der Waals surface area (Å²) in [4.78, 5) is 4.15. The minimum absolute atomic E-state index is 0. The molecule has 0 saturated carbocycles. The van der Waals surface area contributed by atoms with Gasteiger partial charge in [0.2, 0.25) is 0 Å². The van der Waals surface area contributed by atoms with E-state index in [0.717, 1.165) is 61.1 Å². The predicted molar refractivity (Wildman–Crippen MR) is 210 cm³/mol. The van der Waals surface area contributed by atoms with Gasteiger partial charge in [0, 0.05) is 47.9 Å². The third kappa shape index (κ3) is 4.38. The van der Waals surface area contributed by atoms with Crippen LogP contribution >= 0.6 is 0 Å². The summed E-state index contributed by atoms with van der Waals surface area (Å²) in [5, 5.41) is 7.11. The molecule has 0 bridgehead atoms. The number of rotatable bonds is 4. The zero-order valence-electron chi connectivity index (χ0n) is 28.1. The standard InChI is InChI=1S/C46H29N5.Pd/c1-47-26-27-48(30-47)33-20-22-36-35-16-8-10-18-40(35)50(43(36)28-33)34-21-23-37-38-24-25-42-45(46(38)51(44(37)29-34)32-14-6-3-7-15-32)39-17-9-11-19-41(39)49(42)31-12-4-2-5-13-31;/h2-14,16-27,30H,1H3;/q-4;. The normalized spacial score (nSPS) is 13.1. The summed E-state index contributed by atoms with van der Waals surface area (Å²) in [6, 6.07) is 60.9. The van der Waals surface area contributed by atoms with Crippen LogP contribution in [0.4, 0.5) is 5.69 Å². The molecule has 0 aliphatic carbocycles. The molecular formula is C46H29N5Pd-4. The molecule has 4 heterocycles. The van der Waals surface area contributed by atoms with Crippen LogP contribution in [0, 0.1) is 24.9 Å². The first-order valence-corrected chi connectivity index (χ1v) is 17.2. The Morgan fingerprint density at radius 3 is 1.90 bits per heavy atom. The van der Waals surface area contributed by atoms with Crippen molar-refractivity contribution in [3.8, 4) is 17.1 Å². The fourth-order valence-corrected chi connectivity index (χ4v) is 8.09. The first-order valence-electron chi connectivity index (χ1n) is 17.2. The maximum atomic E-state index is 3.95. The van der Waals surface area contributed by atoms with Crippen molar-refractivity contribution < 1.29 is 20.4 Å². The number of hydrogen-bond donors (Lipinski definition) is 0. The Labute approximate surface area is 314 Å². The van der Waals surface area contributed by atoms with Gasteiger partial charge in [-0.2, -0.15) is 43.1 Å². The molecule has 0 unspecified atom stereocenters. The van der Waals surface area contributed by atoms with E-state index in [1.807, 2.05) is 30.3 Å². The average molecular weight is 758 g/mol. The minimum Gasteiger partial charge on any atom is -0.510 e. The van der Waals surface area contributed by atoms with Crippen molar-refractivity contribution in [2.45, 2.75) is 0 Å². The summed E-state index contributed by atoms with van der Waals surface area (Å²) < 4.78 is 7.05. The fraction of sp³-hybridized carbons (Fsp3) is 0.0217. The molecule has 0 saturated heterocycles. The van der Waals surface area contributed by atoms with E-state index in [9.17, 15) is 0 Å². The van der Waals surface area contributed by atoms with Gasteiger partial charge in [-0.25, -0.2) is 0 Å². The van der Waals surface area contributed by atoms with Crippen LogP contribution in [0.2, 0.25) is 0 Å². The van der Waals surface area contributed by atoms with Crippen LogP contribution in [0.15, 0.2) is 152 Å². The summed E-state index contributed by atoms with van der Waals surface area (Å²) in [5.74, 6) is 0. The van der Waals surface area contributed by atoms with E-state index in [4.69, 9.17) is 0 Å². The Bertz CT molecular complexity index is 3020. The Morgan fingerprint density at radius 1 is 0.481 bits per heavy atom.